The first kappa shape index (κ1) is 18.0. The molecule has 1 aromatic rings. The largest absolute Gasteiger partial charge is 0.416 e. The average Bonchev–Trinajstić information content (AvgIpc) is 2.43. The first-order valence-electron chi connectivity index (χ1n) is 7.31. The van der Waals surface area contributed by atoms with Gasteiger partial charge in [-0.25, -0.2) is 0 Å². The number of hydrogen-bond donors (Lipinski definition) is 2. The molecule has 2 N–H and O–H groups in total. The van der Waals surface area contributed by atoms with E-state index in [0.717, 1.165) is 12.5 Å². The van der Waals surface area contributed by atoms with Crippen molar-refractivity contribution in [3.05, 3.63) is 35.4 Å². The molecule has 1 aromatic carbocycles. The normalized spacial score (nSPS) is 16.5. The number of alkyl halides is 3. The molecular formula is C16H24F3NO. The maximum atomic E-state index is 12.7. The van der Waals surface area contributed by atoms with Crippen LogP contribution in [0.5, 0.6) is 0 Å². The molecule has 0 aliphatic heterocycles. The van der Waals surface area contributed by atoms with Gasteiger partial charge in [0.05, 0.1) is 12.2 Å². The highest BCUT2D eigenvalue weighted by Gasteiger charge is 2.30. The van der Waals surface area contributed by atoms with Gasteiger partial charge in [0.15, 0.2) is 0 Å². The molecule has 0 amide bonds. The van der Waals surface area contributed by atoms with E-state index in [4.69, 9.17) is 0 Å². The van der Waals surface area contributed by atoms with Crippen molar-refractivity contribution in [1.82, 2.24) is 5.32 Å². The van der Waals surface area contributed by atoms with Crippen LogP contribution >= 0.6 is 0 Å². The topological polar surface area (TPSA) is 32.3 Å². The van der Waals surface area contributed by atoms with Crippen LogP contribution in [0, 0.1) is 5.92 Å². The van der Waals surface area contributed by atoms with Gasteiger partial charge < -0.3 is 10.4 Å². The minimum absolute atomic E-state index is 0.000339. The molecule has 2 nitrogen and oxygen atoms in total. The zero-order valence-corrected chi connectivity index (χ0v) is 12.7. The van der Waals surface area contributed by atoms with Crippen molar-refractivity contribution in [3.63, 3.8) is 0 Å². The Kier molecular flexibility index (Phi) is 6.68. The molecule has 5 heteroatoms. The van der Waals surface area contributed by atoms with Gasteiger partial charge >= 0.3 is 6.18 Å². The van der Waals surface area contributed by atoms with E-state index in [-0.39, 0.29) is 18.7 Å². The van der Waals surface area contributed by atoms with Crippen molar-refractivity contribution in [2.24, 2.45) is 5.92 Å². The Bertz CT molecular complexity index is 434. The number of aliphatic hydroxyl groups is 1. The highest BCUT2D eigenvalue weighted by atomic mass is 19.4. The number of halogens is 3. The fraction of sp³-hybridized carbons (Fsp3) is 0.625. The van der Waals surface area contributed by atoms with Crippen LogP contribution < -0.4 is 5.32 Å². The zero-order chi connectivity index (χ0) is 16.0. The van der Waals surface area contributed by atoms with E-state index in [1.807, 2.05) is 20.8 Å². The van der Waals surface area contributed by atoms with Gasteiger partial charge in [0, 0.05) is 12.1 Å². The van der Waals surface area contributed by atoms with Crippen LogP contribution in [-0.4, -0.2) is 23.8 Å². The number of rotatable bonds is 7. The van der Waals surface area contributed by atoms with Crippen molar-refractivity contribution in [2.75, 3.05) is 6.61 Å². The van der Waals surface area contributed by atoms with Gasteiger partial charge in [0.1, 0.15) is 0 Å². The van der Waals surface area contributed by atoms with Crippen LogP contribution in [0.25, 0.3) is 0 Å². The van der Waals surface area contributed by atoms with E-state index in [1.54, 1.807) is 6.07 Å². The van der Waals surface area contributed by atoms with Gasteiger partial charge in [0.25, 0.3) is 0 Å². The minimum Gasteiger partial charge on any atom is -0.395 e. The number of nitrogens with one attached hydrogen (secondary N) is 1. The van der Waals surface area contributed by atoms with Crippen LogP contribution in [0.1, 0.15) is 38.3 Å². The van der Waals surface area contributed by atoms with Gasteiger partial charge in [-0.1, -0.05) is 38.5 Å². The molecule has 1 rings (SSSR count). The third kappa shape index (κ3) is 5.67. The fourth-order valence-electron chi connectivity index (χ4n) is 2.33. The highest BCUT2D eigenvalue weighted by molar-refractivity contribution is 5.26. The summed E-state index contributed by atoms with van der Waals surface area (Å²) in [6, 6.07) is 5.37. The first-order chi connectivity index (χ1) is 9.77. The molecule has 21 heavy (non-hydrogen) atoms. The van der Waals surface area contributed by atoms with E-state index >= 15 is 0 Å². The van der Waals surface area contributed by atoms with E-state index in [9.17, 15) is 18.3 Å². The fourth-order valence-corrected chi connectivity index (χ4v) is 2.33. The van der Waals surface area contributed by atoms with Crippen molar-refractivity contribution in [3.8, 4) is 0 Å². The molecule has 0 unspecified atom stereocenters. The predicted octanol–water partition coefficient (Wildman–Crippen LogP) is 3.63. The Balaban J connectivity index is 2.68. The summed E-state index contributed by atoms with van der Waals surface area (Å²) in [6.45, 7) is 6.05. The van der Waals surface area contributed by atoms with Crippen LogP contribution in [0.3, 0.4) is 0 Å². The quantitative estimate of drug-likeness (QED) is 0.806. The van der Waals surface area contributed by atoms with E-state index in [1.165, 1.54) is 12.1 Å². The van der Waals surface area contributed by atoms with E-state index < -0.39 is 11.7 Å². The lowest BCUT2D eigenvalue weighted by molar-refractivity contribution is -0.137. The minimum atomic E-state index is -4.31. The summed E-state index contributed by atoms with van der Waals surface area (Å²) in [4.78, 5) is 0. The molecule has 0 heterocycles. The highest BCUT2D eigenvalue weighted by Crippen LogP contribution is 2.29. The lowest BCUT2D eigenvalue weighted by Crippen LogP contribution is -2.44. The maximum absolute atomic E-state index is 12.7. The Labute approximate surface area is 124 Å². The molecule has 0 aromatic heterocycles. The van der Waals surface area contributed by atoms with E-state index in [0.29, 0.717) is 17.9 Å². The van der Waals surface area contributed by atoms with Gasteiger partial charge in [-0.15, -0.1) is 0 Å². The molecule has 0 aliphatic rings. The zero-order valence-electron chi connectivity index (χ0n) is 12.7. The molecular weight excluding hydrogens is 279 g/mol. The van der Waals surface area contributed by atoms with Crippen molar-refractivity contribution < 1.29 is 18.3 Å². The molecule has 0 radical (unpaired) electrons. The lowest BCUT2D eigenvalue weighted by Gasteiger charge is -2.26. The third-order valence-electron chi connectivity index (χ3n) is 3.82. The first-order valence-corrected chi connectivity index (χ1v) is 7.31. The second kappa shape index (κ2) is 7.80. The Morgan fingerprint density at radius 3 is 2.43 bits per heavy atom. The van der Waals surface area contributed by atoms with Crippen LogP contribution in [-0.2, 0) is 12.6 Å². The lowest BCUT2D eigenvalue weighted by atomic mass is 9.97. The summed E-state index contributed by atoms with van der Waals surface area (Å²) >= 11 is 0. The molecule has 0 bridgehead atoms. The van der Waals surface area contributed by atoms with Gasteiger partial charge in [-0.2, -0.15) is 13.2 Å². The van der Waals surface area contributed by atoms with Crippen molar-refractivity contribution in [2.45, 2.75) is 51.9 Å². The second-order valence-corrected chi connectivity index (χ2v) is 5.64. The van der Waals surface area contributed by atoms with Gasteiger partial charge in [-0.3, -0.25) is 0 Å². The monoisotopic (exact) mass is 303 g/mol. The molecule has 0 spiro atoms. The van der Waals surface area contributed by atoms with Gasteiger partial charge in [0.2, 0.25) is 0 Å². The molecule has 0 saturated carbocycles. The summed E-state index contributed by atoms with van der Waals surface area (Å²) in [6.07, 6.45) is -2.87. The maximum Gasteiger partial charge on any atom is 0.416 e. The molecule has 120 valence electrons. The third-order valence-corrected chi connectivity index (χ3v) is 3.82. The van der Waals surface area contributed by atoms with Crippen molar-refractivity contribution >= 4 is 0 Å². The second-order valence-electron chi connectivity index (χ2n) is 5.64. The smallest absolute Gasteiger partial charge is 0.395 e. The summed E-state index contributed by atoms with van der Waals surface area (Å²) in [5.41, 5.74) is 0.0264. The molecule has 3 atom stereocenters. The number of aliphatic hydroxyl groups excluding tert-OH is 1. The number of hydrogen-bond acceptors (Lipinski definition) is 2. The standard InChI is InChI=1S/C16H24F3NO/c1-4-11(2)15(10-21)20-12(3)8-13-6-5-7-14(9-13)16(17,18)19/h5-7,9,11-12,15,20-21H,4,8,10H2,1-3H3/t11-,12-,15+/m0/s1. The van der Waals surface area contributed by atoms with Crippen LogP contribution in [0.2, 0.25) is 0 Å². The average molecular weight is 303 g/mol. The van der Waals surface area contributed by atoms with Crippen molar-refractivity contribution in [1.29, 1.82) is 0 Å². The van der Waals surface area contributed by atoms with Crippen LogP contribution in [0.4, 0.5) is 13.2 Å². The number of benzene rings is 1. The SMILES string of the molecule is CC[C@H](C)[C@@H](CO)N[C@@H](C)Cc1cccc(C(F)(F)F)c1. The van der Waals surface area contributed by atoms with Gasteiger partial charge in [-0.05, 0) is 30.9 Å². The molecule has 0 fully saturated rings. The summed E-state index contributed by atoms with van der Waals surface area (Å²) < 4.78 is 38.0. The Morgan fingerprint density at radius 2 is 1.90 bits per heavy atom. The summed E-state index contributed by atoms with van der Waals surface area (Å²) in [5.74, 6) is 0.318. The Morgan fingerprint density at radius 1 is 1.24 bits per heavy atom. The van der Waals surface area contributed by atoms with Crippen LogP contribution in [0.15, 0.2) is 24.3 Å². The molecule has 0 saturated heterocycles. The molecule has 0 aliphatic carbocycles. The summed E-state index contributed by atoms with van der Waals surface area (Å²) in [7, 11) is 0. The Hall–Kier alpha value is -1.07. The predicted molar refractivity (Wildman–Crippen MR) is 78.1 cm³/mol. The summed E-state index contributed by atoms with van der Waals surface area (Å²) in [5, 5.41) is 12.7. The van der Waals surface area contributed by atoms with E-state index in [2.05, 4.69) is 5.32 Å².